The van der Waals surface area contributed by atoms with Crippen LogP contribution in [0.15, 0.2) is 29.7 Å². The van der Waals surface area contributed by atoms with E-state index >= 15 is 0 Å². The van der Waals surface area contributed by atoms with Crippen LogP contribution in [0, 0.1) is 0 Å². The molecular formula is C16H16ClNO3S2. The lowest BCUT2D eigenvalue weighted by atomic mass is 10.1. The van der Waals surface area contributed by atoms with Crippen molar-refractivity contribution >= 4 is 51.9 Å². The first-order valence-corrected chi connectivity index (χ1v) is 8.49. The maximum Gasteiger partial charge on any atom is 0.265 e. The van der Waals surface area contributed by atoms with Crippen molar-refractivity contribution in [1.29, 1.82) is 0 Å². The molecule has 122 valence electrons. The van der Waals surface area contributed by atoms with Crippen LogP contribution in [0.1, 0.15) is 12.5 Å². The molecule has 1 aliphatic rings. The number of thioether (sulfide) groups is 1. The smallest absolute Gasteiger partial charge is 0.265 e. The average molecular weight is 370 g/mol. The van der Waals surface area contributed by atoms with E-state index in [0.717, 1.165) is 5.56 Å². The number of rotatable bonds is 6. The number of thiocarbonyl (C=S) groups is 1. The molecule has 1 fully saturated rings. The summed E-state index contributed by atoms with van der Waals surface area (Å²) < 4.78 is 11.7. The Morgan fingerprint density at radius 2 is 2.17 bits per heavy atom. The Kier molecular flexibility index (Phi) is 6.10. The number of carbonyl (C=O) groups excluding carboxylic acids is 1. The first-order chi connectivity index (χ1) is 11.0. The van der Waals surface area contributed by atoms with Gasteiger partial charge in [0, 0.05) is 7.05 Å². The Morgan fingerprint density at radius 3 is 2.74 bits per heavy atom. The monoisotopic (exact) mass is 369 g/mol. The van der Waals surface area contributed by atoms with E-state index in [1.165, 1.54) is 16.7 Å². The van der Waals surface area contributed by atoms with Crippen LogP contribution in [0.25, 0.3) is 6.08 Å². The number of ether oxygens (including phenoxy) is 2. The molecule has 0 spiro atoms. The minimum atomic E-state index is -0.124. The molecule has 0 aromatic heterocycles. The zero-order valence-electron chi connectivity index (χ0n) is 12.8. The molecule has 4 nitrogen and oxygen atoms in total. The highest BCUT2D eigenvalue weighted by atomic mass is 35.5. The maximum atomic E-state index is 12.1. The lowest BCUT2D eigenvalue weighted by Crippen LogP contribution is -2.22. The molecule has 0 bridgehead atoms. The largest absolute Gasteiger partial charge is 0.490 e. The average Bonchev–Trinajstić information content (AvgIpc) is 2.74. The first-order valence-electron chi connectivity index (χ1n) is 6.89. The summed E-state index contributed by atoms with van der Waals surface area (Å²) in [7, 11) is 1.66. The summed E-state index contributed by atoms with van der Waals surface area (Å²) in [5, 5.41) is 0.413. The molecule has 1 aromatic carbocycles. The summed E-state index contributed by atoms with van der Waals surface area (Å²) in [5.41, 5.74) is 0.748. The van der Waals surface area contributed by atoms with Gasteiger partial charge in [-0.05, 0) is 30.7 Å². The summed E-state index contributed by atoms with van der Waals surface area (Å²) in [6.45, 7) is 6.29. The fourth-order valence-corrected chi connectivity index (χ4v) is 3.37. The number of carbonyl (C=O) groups is 1. The third-order valence-electron chi connectivity index (χ3n) is 2.96. The summed E-state index contributed by atoms with van der Waals surface area (Å²) in [6.07, 6.45) is 3.38. The van der Waals surface area contributed by atoms with Crippen LogP contribution in [-0.4, -0.2) is 35.4 Å². The molecule has 1 amide bonds. The number of halogens is 1. The number of benzene rings is 1. The number of likely N-dealkylation sites (N-methyl/N-ethyl adjacent to an activating group) is 1. The van der Waals surface area contributed by atoms with Gasteiger partial charge < -0.3 is 9.47 Å². The van der Waals surface area contributed by atoms with Gasteiger partial charge in [0.25, 0.3) is 5.91 Å². The topological polar surface area (TPSA) is 38.8 Å². The van der Waals surface area contributed by atoms with Gasteiger partial charge in [-0.2, -0.15) is 0 Å². The van der Waals surface area contributed by atoms with Gasteiger partial charge in [-0.1, -0.05) is 48.2 Å². The summed E-state index contributed by atoms with van der Waals surface area (Å²) in [5.74, 6) is 0.870. The van der Waals surface area contributed by atoms with Gasteiger partial charge in [0.05, 0.1) is 16.5 Å². The zero-order valence-corrected chi connectivity index (χ0v) is 15.2. The van der Waals surface area contributed by atoms with E-state index in [2.05, 4.69) is 6.58 Å². The van der Waals surface area contributed by atoms with Crippen molar-refractivity contribution in [2.45, 2.75) is 6.92 Å². The Hall–Kier alpha value is -1.50. The highest BCUT2D eigenvalue weighted by Gasteiger charge is 2.28. The summed E-state index contributed by atoms with van der Waals surface area (Å²) >= 11 is 12.7. The molecule has 2 rings (SSSR count). The van der Waals surface area contributed by atoms with Gasteiger partial charge in [-0.15, -0.1) is 0 Å². The summed E-state index contributed by atoms with van der Waals surface area (Å²) in [6, 6.07) is 3.51. The van der Waals surface area contributed by atoms with E-state index in [1.807, 2.05) is 6.92 Å². The number of hydrogen-bond donors (Lipinski definition) is 0. The second-order valence-electron chi connectivity index (χ2n) is 4.60. The van der Waals surface area contributed by atoms with Gasteiger partial charge >= 0.3 is 0 Å². The fourth-order valence-electron chi connectivity index (χ4n) is 1.91. The predicted octanol–water partition coefficient (Wildman–Crippen LogP) is 4.13. The van der Waals surface area contributed by atoms with Gasteiger partial charge in [0.1, 0.15) is 10.9 Å². The Labute approximate surface area is 150 Å². The van der Waals surface area contributed by atoms with Crippen molar-refractivity contribution < 1.29 is 14.3 Å². The SMILES string of the molecule is C=CCOc1c(Cl)cc(/C=C2\SC(=S)N(C)C2=O)cc1OCC. The third kappa shape index (κ3) is 4.07. The lowest BCUT2D eigenvalue weighted by Gasteiger charge is -2.13. The number of amides is 1. The highest BCUT2D eigenvalue weighted by molar-refractivity contribution is 8.26. The lowest BCUT2D eigenvalue weighted by molar-refractivity contribution is -0.121. The second-order valence-corrected chi connectivity index (χ2v) is 6.69. The highest BCUT2D eigenvalue weighted by Crippen LogP contribution is 2.39. The van der Waals surface area contributed by atoms with E-state index in [-0.39, 0.29) is 5.91 Å². The van der Waals surface area contributed by atoms with Gasteiger partial charge in [0.15, 0.2) is 11.5 Å². The van der Waals surface area contributed by atoms with E-state index in [4.69, 9.17) is 33.3 Å². The second kappa shape index (κ2) is 7.86. The van der Waals surface area contributed by atoms with E-state index < -0.39 is 0 Å². The van der Waals surface area contributed by atoms with E-state index in [9.17, 15) is 4.79 Å². The fraction of sp³-hybridized carbons (Fsp3) is 0.250. The van der Waals surface area contributed by atoms with Crippen molar-refractivity contribution in [3.8, 4) is 11.5 Å². The molecule has 0 atom stereocenters. The number of hydrogen-bond acceptors (Lipinski definition) is 5. The molecular weight excluding hydrogens is 354 g/mol. The first kappa shape index (κ1) is 17.8. The van der Waals surface area contributed by atoms with Gasteiger partial charge in [-0.3, -0.25) is 9.69 Å². The van der Waals surface area contributed by atoms with Gasteiger partial charge in [0.2, 0.25) is 0 Å². The van der Waals surface area contributed by atoms with Crippen LogP contribution in [0.3, 0.4) is 0 Å². The van der Waals surface area contributed by atoms with Crippen molar-refractivity contribution in [1.82, 2.24) is 4.90 Å². The number of nitrogens with zero attached hydrogens (tertiary/aromatic N) is 1. The van der Waals surface area contributed by atoms with E-state index in [1.54, 1.807) is 31.3 Å². The van der Waals surface area contributed by atoms with Crippen LogP contribution in [0.5, 0.6) is 11.5 Å². The maximum absolute atomic E-state index is 12.1. The quantitative estimate of drug-likeness (QED) is 0.428. The van der Waals surface area contributed by atoms with E-state index in [0.29, 0.717) is 39.0 Å². The molecule has 0 unspecified atom stereocenters. The molecule has 0 radical (unpaired) electrons. The van der Waals surface area contributed by atoms with Crippen LogP contribution >= 0.6 is 35.6 Å². The summed E-state index contributed by atoms with van der Waals surface area (Å²) in [4.78, 5) is 14.1. The van der Waals surface area contributed by atoms with Crippen molar-refractivity contribution in [2.24, 2.45) is 0 Å². The standard InChI is InChI=1S/C16H16ClNO3S2/c1-4-6-21-14-11(17)7-10(8-12(14)20-5-2)9-13-15(19)18(3)16(22)23-13/h4,7-9H,1,5-6H2,2-3H3/b13-9-. The van der Waals surface area contributed by atoms with Crippen LogP contribution < -0.4 is 9.47 Å². The molecule has 0 aliphatic carbocycles. The van der Waals surface area contributed by atoms with Crippen LogP contribution in [-0.2, 0) is 4.79 Å². The molecule has 1 heterocycles. The Morgan fingerprint density at radius 1 is 1.43 bits per heavy atom. The Bertz CT molecular complexity index is 688. The molecule has 0 N–H and O–H groups in total. The third-order valence-corrected chi connectivity index (χ3v) is 4.73. The van der Waals surface area contributed by atoms with Crippen molar-refractivity contribution in [3.05, 3.63) is 40.3 Å². The van der Waals surface area contributed by atoms with Gasteiger partial charge in [-0.25, -0.2) is 0 Å². The molecule has 1 saturated heterocycles. The molecule has 1 aromatic rings. The van der Waals surface area contributed by atoms with Crippen molar-refractivity contribution in [2.75, 3.05) is 20.3 Å². The zero-order chi connectivity index (χ0) is 17.0. The van der Waals surface area contributed by atoms with Crippen LogP contribution in [0.2, 0.25) is 5.02 Å². The van der Waals surface area contributed by atoms with Crippen LogP contribution in [0.4, 0.5) is 0 Å². The predicted molar refractivity (Wildman–Crippen MR) is 99.2 cm³/mol. The minimum Gasteiger partial charge on any atom is -0.490 e. The molecule has 0 saturated carbocycles. The molecule has 7 heteroatoms. The minimum absolute atomic E-state index is 0.124. The van der Waals surface area contributed by atoms with Crippen molar-refractivity contribution in [3.63, 3.8) is 0 Å². The molecule has 23 heavy (non-hydrogen) atoms. The molecule has 1 aliphatic heterocycles. The normalized spacial score (nSPS) is 16.1. The Balaban J connectivity index is 2.39.